The molecule has 1 saturated carbocycles. The van der Waals surface area contributed by atoms with Crippen LogP contribution < -0.4 is 20.9 Å². The zero-order valence-electron chi connectivity index (χ0n) is 20.4. The monoisotopic (exact) mass is 517 g/mol. The highest BCUT2D eigenvalue weighted by atomic mass is 35.5. The Balaban J connectivity index is 1.27. The molecule has 0 bridgehead atoms. The minimum absolute atomic E-state index is 0.284. The van der Waals surface area contributed by atoms with Crippen molar-refractivity contribution >= 4 is 40.5 Å². The molecular weight excluding hydrogens is 490 g/mol. The van der Waals surface area contributed by atoms with Crippen LogP contribution in [0.15, 0.2) is 18.3 Å². The molecule has 2 aliphatic heterocycles. The van der Waals surface area contributed by atoms with Crippen molar-refractivity contribution in [2.24, 2.45) is 0 Å². The summed E-state index contributed by atoms with van der Waals surface area (Å²) >= 11 is 6.92. The van der Waals surface area contributed by atoms with E-state index in [1.807, 2.05) is 6.07 Å². The number of nitrogens with zero attached hydrogens (tertiary/aromatic N) is 8. The van der Waals surface area contributed by atoms with Gasteiger partial charge < -0.3 is 20.9 Å². The Morgan fingerprint density at radius 1 is 1.00 bits per heavy atom. The Hall–Kier alpha value is -3.64. The molecule has 190 valence electrons. The fourth-order valence-corrected chi connectivity index (χ4v) is 5.41. The zero-order chi connectivity index (χ0) is 25.4. The van der Waals surface area contributed by atoms with E-state index in [1.54, 1.807) is 10.6 Å². The van der Waals surface area contributed by atoms with E-state index < -0.39 is 0 Å². The molecule has 6 rings (SSSR count). The number of rotatable bonds is 6. The average molecular weight is 518 g/mol. The summed E-state index contributed by atoms with van der Waals surface area (Å²) in [4.78, 5) is 14.0. The lowest BCUT2D eigenvalue weighted by molar-refractivity contribution is 0.153. The Morgan fingerprint density at radius 2 is 1.78 bits per heavy atom. The lowest BCUT2D eigenvalue weighted by Gasteiger charge is -2.42. The first-order valence-corrected chi connectivity index (χ1v) is 13.1. The molecule has 12 heteroatoms. The molecule has 0 spiro atoms. The van der Waals surface area contributed by atoms with E-state index in [0.29, 0.717) is 45.5 Å². The van der Waals surface area contributed by atoms with Crippen LogP contribution in [-0.4, -0.2) is 75.8 Å². The Morgan fingerprint density at radius 3 is 2.49 bits per heavy atom. The van der Waals surface area contributed by atoms with Gasteiger partial charge in [0.15, 0.2) is 5.65 Å². The summed E-state index contributed by atoms with van der Waals surface area (Å²) in [6.45, 7) is 5.78. The van der Waals surface area contributed by atoms with Gasteiger partial charge in [-0.15, -0.1) is 0 Å². The van der Waals surface area contributed by atoms with Crippen molar-refractivity contribution in [3.63, 3.8) is 0 Å². The van der Waals surface area contributed by atoms with Gasteiger partial charge in [-0.05, 0) is 50.9 Å². The van der Waals surface area contributed by atoms with E-state index in [4.69, 9.17) is 11.6 Å². The molecule has 0 atom stereocenters. The molecule has 0 amide bonds. The number of hydrogen-bond donors (Lipinski definition) is 3. The van der Waals surface area contributed by atoms with E-state index in [1.165, 1.54) is 19.0 Å². The number of benzene rings is 1. The number of fused-ring (bicyclic) bond motifs is 1. The quantitative estimate of drug-likeness (QED) is 0.448. The van der Waals surface area contributed by atoms with Gasteiger partial charge in [-0.3, -0.25) is 4.90 Å². The van der Waals surface area contributed by atoms with Crippen LogP contribution in [0.2, 0.25) is 5.02 Å². The van der Waals surface area contributed by atoms with Gasteiger partial charge in [-0.1, -0.05) is 11.6 Å². The highest BCUT2D eigenvalue weighted by molar-refractivity contribution is 6.36. The average Bonchev–Trinajstić information content (AvgIpc) is 3.66. The Bertz CT molecular complexity index is 1390. The fourth-order valence-electron chi connectivity index (χ4n) is 5.13. The summed E-state index contributed by atoms with van der Waals surface area (Å²) in [5, 5.41) is 34.1. The number of hydrogen-bond acceptors (Lipinski definition) is 10. The van der Waals surface area contributed by atoms with Crippen molar-refractivity contribution in [1.82, 2.24) is 29.8 Å². The van der Waals surface area contributed by atoms with Crippen molar-refractivity contribution in [2.45, 2.75) is 37.8 Å². The lowest BCUT2D eigenvalue weighted by Crippen LogP contribution is -2.52. The van der Waals surface area contributed by atoms with Gasteiger partial charge in [-0.2, -0.15) is 30.1 Å². The topological polar surface area (TPSA) is 133 Å². The summed E-state index contributed by atoms with van der Waals surface area (Å²) < 4.78 is 1.54. The third-order valence-electron chi connectivity index (χ3n) is 7.31. The predicted octanol–water partition coefficient (Wildman–Crippen LogP) is 2.71. The van der Waals surface area contributed by atoms with Gasteiger partial charge in [0.05, 0.1) is 34.2 Å². The zero-order valence-corrected chi connectivity index (χ0v) is 21.2. The summed E-state index contributed by atoms with van der Waals surface area (Å²) in [5.41, 5.74) is 2.64. The van der Waals surface area contributed by atoms with Crippen LogP contribution in [0.3, 0.4) is 0 Å². The van der Waals surface area contributed by atoms with Crippen LogP contribution in [0.4, 0.5) is 23.3 Å². The fraction of sp³-hybridized carbons (Fsp3) is 0.480. The molecule has 3 aromatic rings. The minimum atomic E-state index is 0.284. The number of anilines is 4. The van der Waals surface area contributed by atoms with E-state index >= 15 is 0 Å². The maximum atomic E-state index is 9.74. The number of aromatic nitrogens is 4. The van der Waals surface area contributed by atoms with Crippen molar-refractivity contribution < 1.29 is 0 Å². The van der Waals surface area contributed by atoms with Crippen molar-refractivity contribution in [1.29, 1.82) is 10.5 Å². The number of nitrogens with one attached hydrogen (secondary N) is 3. The molecule has 3 aliphatic rings. The molecule has 2 aromatic heterocycles. The summed E-state index contributed by atoms with van der Waals surface area (Å²) in [7, 11) is 0. The highest BCUT2D eigenvalue weighted by Crippen LogP contribution is 2.37. The van der Waals surface area contributed by atoms with E-state index in [2.05, 4.69) is 53.0 Å². The first-order chi connectivity index (χ1) is 18.1. The third kappa shape index (κ3) is 4.86. The van der Waals surface area contributed by atoms with E-state index in [-0.39, 0.29) is 5.95 Å². The van der Waals surface area contributed by atoms with Crippen LogP contribution >= 0.6 is 11.6 Å². The third-order valence-corrected chi connectivity index (χ3v) is 7.71. The molecular formula is C25H28ClN11. The standard InChI is InChI=1S/C25H28ClN11/c26-22-20(32-24-33-23-17(14-28)15-30-37(23)25(34-24)31-18-1-2-18)11-16(13-27)12-21(22)36-9-7-35(8-10-36)19-3-5-29-6-4-19/h11-12,15,18-19,29H,1-10H2,(H2,31,32,33,34). The van der Waals surface area contributed by atoms with Gasteiger partial charge in [0.2, 0.25) is 11.9 Å². The lowest BCUT2D eigenvalue weighted by atomic mass is 10.0. The number of halogens is 1. The van der Waals surface area contributed by atoms with Crippen molar-refractivity contribution in [3.8, 4) is 12.1 Å². The van der Waals surface area contributed by atoms with Crippen molar-refractivity contribution in [2.75, 3.05) is 54.8 Å². The maximum absolute atomic E-state index is 9.74. The van der Waals surface area contributed by atoms with Gasteiger partial charge in [-0.25, -0.2) is 0 Å². The highest BCUT2D eigenvalue weighted by Gasteiger charge is 2.27. The second-order valence-corrected chi connectivity index (χ2v) is 10.2. The normalized spacial score (nSPS) is 18.9. The molecule has 11 nitrogen and oxygen atoms in total. The van der Waals surface area contributed by atoms with Crippen molar-refractivity contribution in [3.05, 3.63) is 34.5 Å². The maximum Gasteiger partial charge on any atom is 0.232 e. The van der Waals surface area contributed by atoms with Crippen LogP contribution in [0, 0.1) is 22.7 Å². The van der Waals surface area contributed by atoms with E-state index in [9.17, 15) is 10.5 Å². The number of piperazine rings is 1. The molecule has 1 aliphatic carbocycles. The van der Waals surface area contributed by atoms with Crippen LogP contribution in [0.5, 0.6) is 0 Å². The molecule has 37 heavy (non-hydrogen) atoms. The van der Waals surface area contributed by atoms with Gasteiger partial charge in [0.1, 0.15) is 11.6 Å². The van der Waals surface area contributed by atoms with Gasteiger partial charge in [0, 0.05) is 38.3 Å². The molecule has 1 aromatic carbocycles. The largest absolute Gasteiger partial charge is 0.368 e. The SMILES string of the molecule is N#Cc1cc(Nc2nc(NC3CC3)n3ncc(C#N)c3n2)c(Cl)c(N2CCN(C3CCNCC3)CC2)c1. The first-order valence-electron chi connectivity index (χ1n) is 12.8. The Labute approximate surface area is 220 Å². The van der Waals surface area contributed by atoms with Crippen LogP contribution in [0.25, 0.3) is 5.65 Å². The summed E-state index contributed by atoms with van der Waals surface area (Å²) in [6.07, 6.45) is 5.98. The van der Waals surface area contributed by atoms with Crippen LogP contribution in [0.1, 0.15) is 36.8 Å². The smallest absolute Gasteiger partial charge is 0.232 e. The molecule has 0 radical (unpaired) electrons. The molecule has 3 N–H and O–H groups in total. The summed E-state index contributed by atoms with van der Waals surface area (Å²) in [6, 6.07) is 8.92. The number of nitriles is 2. The second kappa shape index (κ2) is 10.0. The van der Waals surface area contributed by atoms with Gasteiger partial charge in [0.25, 0.3) is 0 Å². The number of piperidine rings is 1. The minimum Gasteiger partial charge on any atom is -0.368 e. The first kappa shape index (κ1) is 23.7. The van der Waals surface area contributed by atoms with Crippen LogP contribution in [-0.2, 0) is 0 Å². The molecule has 0 unspecified atom stereocenters. The van der Waals surface area contributed by atoms with Gasteiger partial charge >= 0.3 is 0 Å². The second-order valence-electron chi connectivity index (χ2n) is 9.79. The summed E-state index contributed by atoms with van der Waals surface area (Å²) in [5.74, 6) is 0.796. The molecule has 2 saturated heterocycles. The molecule has 4 heterocycles. The Kier molecular flexibility index (Phi) is 6.43. The molecule has 3 fully saturated rings. The predicted molar refractivity (Wildman–Crippen MR) is 141 cm³/mol. The van der Waals surface area contributed by atoms with E-state index in [0.717, 1.165) is 57.8 Å².